The van der Waals surface area contributed by atoms with Gasteiger partial charge in [0, 0.05) is 6.07 Å². The number of amides is 1. The normalized spacial score (nSPS) is 10.8. The third kappa shape index (κ3) is 3.80. The van der Waals surface area contributed by atoms with Gasteiger partial charge in [0.1, 0.15) is 5.76 Å². The van der Waals surface area contributed by atoms with Crippen molar-refractivity contribution in [2.24, 2.45) is 0 Å². The van der Waals surface area contributed by atoms with E-state index in [1.54, 1.807) is 17.7 Å². The highest BCUT2D eigenvalue weighted by Crippen LogP contribution is 2.20. The van der Waals surface area contributed by atoms with E-state index in [4.69, 9.17) is 4.52 Å². The van der Waals surface area contributed by atoms with Crippen LogP contribution in [0.1, 0.15) is 16.9 Å². The predicted molar refractivity (Wildman–Crippen MR) is 89.2 cm³/mol. The minimum absolute atomic E-state index is 0.164. The fourth-order valence-electron chi connectivity index (χ4n) is 2.24. The number of aromatic nitrogens is 5. The lowest BCUT2D eigenvalue weighted by atomic mass is 10.1. The summed E-state index contributed by atoms with van der Waals surface area (Å²) in [7, 11) is 0. The summed E-state index contributed by atoms with van der Waals surface area (Å²) >= 11 is 1.25. The minimum atomic E-state index is -0.205. The van der Waals surface area contributed by atoms with Crippen LogP contribution in [0.5, 0.6) is 0 Å². The van der Waals surface area contributed by atoms with Gasteiger partial charge in [0.25, 0.3) is 0 Å². The third-order valence-corrected chi connectivity index (χ3v) is 4.04. The zero-order valence-corrected chi connectivity index (χ0v) is 14.3. The first-order chi connectivity index (χ1) is 11.5. The van der Waals surface area contributed by atoms with Gasteiger partial charge < -0.3 is 9.84 Å². The summed E-state index contributed by atoms with van der Waals surface area (Å²) < 4.78 is 6.53. The van der Waals surface area contributed by atoms with Crippen molar-refractivity contribution in [3.05, 3.63) is 41.2 Å². The molecule has 8 nitrogen and oxygen atoms in total. The van der Waals surface area contributed by atoms with Crippen LogP contribution in [0, 0.1) is 20.8 Å². The van der Waals surface area contributed by atoms with Crippen LogP contribution in [0.2, 0.25) is 0 Å². The van der Waals surface area contributed by atoms with E-state index in [1.807, 2.05) is 26.0 Å². The molecule has 3 aromatic rings. The Labute approximate surface area is 142 Å². The molecule has 0 unspecified atom stereocenters. The van der Waals surface area contributed by atoms with E-state index in [-0.39, 0.29) is 11.7 Å². The molecule has 0 saturated carbocycles. The van der Waals surface area contributed by atoms with Crippen LogP contribution in [-0.4, -0.2) is 37.0 Å². The van der Waals surface area contributed by atoms with E-state index in [9.17, 15) is 4.79 Å². The molecule has 1 amide bonds. The molecular formula is C15H16N6O2S. The Bertz CT molecular complexity index is 852. The predicted octanol–water partition coefficient (Wildman–Crippen LogP) is 2.31. The summed E-state index contributed by atoms with van der Waals surface area (Å²) in [6.45, 7) is 5.79. The zero-order chi connectivity index (χ0) is 17.1. The van der Waals surface area contributed by atoms with Crippen LogP contribution < -0.4 is 5.32 Å². The molecule has 24 heavy (non-hydrogen) atoms. The maximum absolute atomic E-state index is 12.0. The van der Waals surface area contributed by atoms with Crippen LogP contribution in [0.4, 0.5) is 5.82 Å². The largest absolute Gasteiger partial charge is 0.360 e. The summed E-state index contributed by atoms with van der Waals surface area (Å²) in [6, 6.07) is 7.72. The van der Waals surface area contributed by atoms with Crippen molar-refractivity contribution in [1.82, 2.24) is 25.4 Å². The molecule has 0 atom stereocenters. The molecule has 1 aromatic carbocycles. The number of rotatable bonds is 5. The average Bonchev–Trinajstić information content (AvgIpc) is 3.13. The van der Waals surface area contributed by atoms with Gasteiger partial charge >= 0.3 is 0 Å². The topological polar surface area (TPSA) is 98.7 Å². The lowest BCUT2D eigenvalue weighted by molar-refractivity contribution is -0.113. The molecule has 1 N–H and O–H groups in total. The van der Waals surface area contributed by atoms with Crippen LogP contribution in [0.3, 0.4) is 0 Å². The second kappa shape index (κ2) is 6.83. The van der Waals surface area contributed by atoms with Gasteiger partial charge in [0.2, 0.25) is 11.1 Å². The molecule has 0 aliphatic rings. The molecule has 0 radical (unpaired) electrons. The maximum atomic E-state index is 12.0. The van der Waals surface area contributed by atoms with Crippen molar-refractivity contribution in [2.75, 3.05) is 11.1 Å². The number of carbonyl (C=O) groups is 1. The second-order valence-corrected chi connectivity index (χ2v) is 6.32. The Morgan fingerprint density at radius 1 is 1.21 bits per heavy atom. The Hall–Kier alpha value is -2.68. The van der Waals surface area contributed by atoms with E-state index in [0.717, 1.165) is 16.8 Å². The summed E-state index contributed by atoms with van der Waals surface area (Å²) in [5.41, 5.74) is 3.11. The number of benzene rings is 1. The third-order valence-electron chi connectivity index (χ3n) is 3.12. The Balaban J connectivity index is 1.68. The Morgan fingerprint density at radius 3 is 2.62 bits per heavy atom. The van der Waals surface area contributed by atoms with E-state index in [1.165, 1.54) is 11.8 Å². The number of hydrogen-bond donors (Lipinski definition) is 1. The van der Waals surface area contributed by atoms with Crippen LogP contribution >= 0.6 is 11.8 Å². The highest BCUT2D eigenvalue weighted by Gasteiger charge is 2.13. The highest BCUT2D eigenvalue weighted by molar-refractivity contribution is 7.99. The Morgan fingerprint density at radius 2 is 1.96 bits per heavy atom. The van der Waals surface area contributed by atoms with Gasteiger partial charge in [-0.25, -0.2) is 0 Å². The van der Waals surface area contributed by atoms with Crippen molar-refractivity contribution in [3.8, 4) is 5.69 Å². The van der Waals surface area contributed by atoms with Crippen LogP contribution in [0.15, 0.2) is 33.9 Å². The fourth-order valence-corrected chi connectivity index (χ4v) is 2.93. The van der Waals surface area contributed by atoms with E-state index >= 15 is 0 Å². The first-order valence-electron chi connectivity index (χ1n) is 7.24. The second-order valence-electron chi connectivity index (χ2n) is 5.38. The number of thioether (sulfide) groups is 1. The molecule has 124 valence electrons. The molecule has 0 fully saturated rings. The molecule has 0 spiro atoms. The standard InChI is InChI=1S/C15H16N6O2S/c1-9-4-10(2)6-12(5-9)21-15(17-19-20-21)24-8-14(22)16-13-7-11(3)23-18-13/h4-7H,8H2,1-3H3,(H,16,18,22). The molecule has 9 heteroatoms. The number of nitrogens with zero attached hydrogens (tertiary/aromatic N) is 5. The lowest BCUT2D eigenvalue weighted by Crippen LogP contribution is -2.14. The summed E-state index contributed by atoms with van der Waals surface area (Å²) in [4.78, 5) is 12.0. The van der Waals surface area contributed by atoms with Gasteiger partial charge in [0.05, 0.1) is 11.4 Å². The SMILES string of the molecule is Cc1cc(C)cc(-n2nnnc2SCC(=O)Nc2cc(C)on2)c1. The minimum Gasteiger partial charge on any atom is -0.360 e. The first kappa shape index (κ1) is 16.2. The number of carbonyl (C=O) groups excluding carboxylic acids is 1. The zero-order valence-electron chi connectivity index (χ0n) is 13.5. The Kier molecular flexibility index (Phi) is 4.61. The van der Waals surface area contributed by atoms with Gasteiger partial charge in [-0.2, -0.15) is 4.68 Å². The first-order valence-corrected chi connectivity index (χ1v) is 8.23. The van der Waals surface area contributed by atoms with Crippen molar-refractivity contribution >= 4 is 23.5 Å². The van der Waals surface area contributed by atoms with Gasteiger partial charge in [-0.1, -0.05) is 23.0 Å². The van der Waals surface area contributed by atoms with Gasteiger partial charge in [0.15, 0.2) is 5.82 Å². The molecule has 3 rings (SSSR count). The van der Waals surface area contributed by atoms with Crippen LogP contribution in [-0.2, 0) is 4.79 Å². The van der Waals surface area contributed by atoms with E-state index < -0.39 is 0 Å². The fraction of sp³-hybridized carbons (Fsp3) is 0.267. The number of tetrazole rings is 1. The van der Waals surface area contributed by atoms with Crippen molar-refractivity contribution in [2.45, 2.75) is 25.9 Å². The highest BCUT2D eigenvalue weighted by atomic mass is 32.2. The van der Waals surface area contributed by atoms with Crippen molar-refractivity contribution in [3.63, 3.8) is 0 Å². The summed E-state index contributed by atoms with van der Waals surface area (Å²) in [5.74, 6) is 0.990. The molecule has 0 aliphatic carbocycles. The average molecular weight is 344 g/mol. The van der Waals surface area contributed by atoms with Crippen LogP contribution in [0.25, 0.3) is 5.69 Å². The van der Waals surface area contributed by atoms with E-state index in [0.29, 0.717) is 16.7 Å². The van der Waals surface area contributed by atoms with E-state index in [2.05, 4.69) is 32.1 Å². The molecule has 0 bridgehead atoms. The quantitative estimate of drug-likeness (QED) is 0.709. The number of anilines is 1. The smallest absolute Gasteiger partial charge is 0.236 e. The molecule has 0 saturated heterocycles. The maximum Gasteiger partial charge on any atom is 0.236 e. The molecule has 0 aliphatic heterocycles. The lowest BCUT2D eigenvalue weighted by Gasteiger charge is -2.06. The van der Waals surface area contributed by atoms with Crippen molar-refractivity contribution in [1.29, 1.82) is 0 Å². The number of nitrogens with one attached hydrogen (secondary N) is 1. The molecule has 2 heterocycles. The van der Waals surface area contributed by atoms with Gasteiger partial charge in [-0.3, -0.25) is 4.79 Å². The summed E-state index contributed by atoms with van der Waals surface area (Å²) in [6.07, 6.45) is 0. The number of aryl methyl sites for hydroxylation is 3. The van der Waals surface area contributed by atoms with Gasteiger partial charge in [-0.15, -0.1) is 5.10 Å². The van der Waals surface area contributed by atoms with Crippen molar-refractivity contribution < 1.29 is 9.32 Å². The monoisotopic (exact) mass is 344 g/mol. The van der Waals surface area contributed by atoms with Gasteiger partial charge in [-0.05, 0) is 54.5 Å². The summed E-state index contributed by atoms with van der Waals surface area (Å²) in [5, 5.41) is 18.6. The number of hydrogen-bond acceptors (Lipinski definition) is 7. The molecular weight excluding hydrogens is 328 g/mol. The molecule has 2 aromatic heterocycles.